The predicted molar refractivity (Wildman–Crippen MR) is 89.5 cm³/mol. The minimum absolute atomic E-state index is 0.574. The Morgan fingerprint density at radius 3 is 2.67 bits per heavy atom. The Morgan fingerprint density at radius 2 is 1.95 bits per heavy atom. The zero-order chi connectivity index (χ0) is 14.8. The SMILES string of the molecule is CCc1ccc(-c2cc3c(o2)/C(Cl)=C\CC/C(Cl)=N\3)cc1. The summed E-state index contributed by atoms with van der Waals surface area (Å²) >= 11 is 12.4. The highest BCUT2D eigenvalue weighted by Gasteiger charge is 2.17. The zero-order valence-corrected chi connectivity index (χ0v) is 13.2. The van der Waals surface area contributed by atoms with Crippen molar-refractivity contribution in [3.8, 4) is 11.3 Å². The van der Waals surface area contributed by atoms with E-state index in [0.717, 1.165) is 24.2 Å². The van der Waals surface area contributed by atoms with Crippen molar-refractivity contribution in [2.45, 2.75) is 26.2 Å². The summed E-state index contributed by atoms with van der Waals surface area (Å²) in [5, 5.41) is 1.17. The molecule has 1 aromatic heterocycles. The van der Waals surface area contributed by atoms with Crippen molar-refractivity contribution in [1.29, 1.82) is 0 Å². The normalized spacial score (nSPS) is 19.8. The van der Waals surface area contributed by atoms with Crippen LogP contribution in [0.5, 0.6) is 0 Å². The molecule has 1 aliphatic heterocycles. The molecule has 0 atom stereocenters. The van der Waals surface area contributed by atoms with E-state index in [1.54, 1.807) is 0 Å². The van der Waals surface area contributed by atoms with E-state index in [1.807, 2.05) is 24.3 Å². The Labute approximate surface area is 134 Å². The Balaban J connectivity index is 2.05. The van der Waals surface area contributed by atoms with Crippen LogP contribution in [-0.2, 0) is 6.42 Å². The number of nitrogens with zero attached hydrogens (tertiary/aromatic N) is 1. The minimum Gasteiger partial charge on any atom is -0.453 e. The molecular formula is C17H15Cl2NO. The van der Waals surface area contributed by atoms with Crippen LogP contribution in [0.3, 0.4) is 0 Å². The average Bonchev–Trinajstić information content (AvgIpc) is 2.89. The molecule has 4 heteroatoms. The summed E-state index contributed by atoms with van der Waals surface area (Å²) in [6, 6.07) is 10.2. The molecule has 1 aromatic carbocycles. The van der Waals surface area contributed by atoms with Crippen LogP contribution in [0.25, 0.3) is 16.4 Å². The largest absolute Gasteiger partial charge is 0.453 e. The number of benzene rings is 1. The third-order valence-corrected chi connectivity index (χ3v) is 4.09. The predicted octanol–water partition coefficient (Wildman–Crippen LogP) is 6.15. The van der Waals surface area contributed by atoms with E-state index in [4.69, 9.17) is 27.6 Å². The summed E-state index contributed by atoms with van der Waals surface area (Å²) in [7, 11) is 0. The number of hydrogen-bond donors (Lipinski definition) is 0. The molecule has 0 spiro atoms. The number of hydrogen-bond acceptors (Lipinski definition) is 2. The van der Waals surface area contributed by atoms with Gasteiger partial charge in [-0.05, 0) is 18.4 Å². The van der Waals surface area contributed by atoms with E-state index in [2.05, 4.69) is 24.0 Å². The molecule has 2 nitrogen and oxygen atoms in total. The average molecular weight is 320 g/mol. The lowest BCUT2D eigenvalue weighted by Gasteiger charge is -2.02. The minimum atomic E-state index is 0.574. The van der Waals surface area contributed by atoms with Gasteiger partial charge in [0.05, 0.1) is 5.03 Å². The second-order valence-corrected chi connectivity index (χ2v) is 5.80. The van der Waals surface area contributed by atoms with Crippen molar-refractivity contribution in [2.24, 2.45) is 4.99 Å². The van der Waals surface area contributed by atoms with Gasteiger partial charge in [-0.1, -0.05) is 60.5 Å². The van der Waals surface area contributed by atoms with Crippen molar-refractivity contribution in [1.82, 2.24) is 0 Å². The Hall–Kier alpha value is -1.51. The third-order valence-electron chi connectivity index (χ3n) is 3.49. The molecule has 2 heterocycles. The molecule has 1 aliphatic rings. The van der Waals surface area contributed by atoms with E-state index in [0.29, 0.717) is 28.1 Å². The van der Waals surface area contributed by atoms with Crippen molar-refractivity contribution >= 4 is 39.1 Å². The highest BCUT2D eigenvalue weighted by molar-refractivity contribution is 6.65. The standard InChI is InChI=1S/C17H15Cl2NO/c1-2-11-6-8-12(9-7-11)15-10-14-17(21-15)13(18)4-3-5-16(19)20-14/h4,6-10H,2-3,5H2,1H3/b13-4+,20-16+. The van der Waals surface area contributed by atoms with Gasteiger partial charge in [0.1, 0.15) is 16.6 Å². The van der Waals surface area contributed by atoms with E-state index >= 15 is 0 Å². The number of fused-ring (bicyclic) bond motifs is 1. The van der Waals surface area contributed by atoms with Gasteiger partial charge in [0.2, 0.25) is 0 Å². The lowest BCUT2D eigenvalue weighted by Crippen LogP contribution is -1.89. The first-order chi connectivity index (χ1) is 10.2. The number of aryl methyl sites for hydroxylation is 1. The molecule has 0 N–H and O–H groups in total. The molecule has 0 bridgehead atoms. The van der Waals surface area contributed by atoms with Crippen molar-refractivity contribution in [3.63, 3.8) is 0 Å². The maximum Gasteiger partial charge on any atom is 0.171 e. The molecular weight excluding hydrogens is 305 g/mol. The van der Waals surface area contributed by atoms with Gasteiger partial charge in [-0.2, -0.15) is 0 Å². The molecule has 0 aliphatic carbocycles. The van der Waals surface area contributed by atoms with Crippen LogP contribution >= 0.6 is 23.2 Å². The Morgan fingerprint density at radius 1 is 1.19 bits per heavy atom. The molecule has 3 rings (SSSR count). The number of allylic oxidation sites excluding steroid dienone is 1. The third kappa shape index (κ3) is 3.07. The van der Waals surface area contributed by atoms with E-state index in [9.17, 15) is 0 Å². The van der Waals surface area contributed by atoms with Gasteiger partial charge >= 0.3 is 0 Å². The van der Waals surface area contributed by atoms with E-state index in [1.165, 1.54) is 5.56 Å². The van der Waals surface area contributed by atoms with Crippen molar-refractivity contribution < 1.29 is 4.42 Å². The number of aliphatic imine (C=N–C) groups is 1. The zero-order valence-electron chi connectivity index (χ0n) is 11.7. The highest BCUT2D eigenvalue weighted by atomic mass is 35.5. The lowest BCUT2D eigenvalue weighted by atomic mass is 10.1. The van der Waals surface area contributed by atoms with Crippen LogP contribution in [0.1, 0.15) is 31.1 Å². The molecule has 0 fully saturated rings. The van der Waals surface area contributed by atoms with E-state index < -0.39 is 0 Å². The molecule has 0 saturated heterocycles. The second-order valence-electron chi connectivity index (χ2n) is 4.95. The Bertz CT molecular complexity index is 711. The maximum absolute atomic E-state index is 6.28. The lowest BCUT2D eigenvalue weighted by molar-refractivity contribution is 0.570. The summed E-state index contributed by atoms with van der Waals surface area (Å²) in [5.74, 6) is 1.34. The topological polar surface area (TPSA) is 25.5 Å². The van der Waals surface area contributed by atoms with Crippen molar-refractivity contribution in [2.75, 3.05) is 0 Å². The van der Waals surface area contributed by atoms with Crippen LogP contribution in [0.4, 0.5) is 5.69 Å². The van der Waals surface area contributed by atoms with Gasteiger partial charge in [0.25, 0.3) is 0 Å². The fourth-order valence-electron chi connectivity index (χ4n) is 2.28. The second kappa shape index (κ2) is 6.08. The van der Waals surface area contributed by atoms with Gasteiger partial charge in [-0.15, -0.1) is 0 Å². The fraction of sp³-hybridized carbons (Fsp3) is 0.235. The Kier molecular flexibility index (Phi) is 4.18. The number of rotatable bonds is 2. The van der Waals surface area contributed by atoms with Crippen LogP contribution in [-0.4, -0.2) is 5.17 Å². The van der Waals surface area contributed by atoms with Crippen LogP contribution in [0.2, 0.25) is 0 Å². The van der Waals surface area contributed by atoms with Crippen LogP contribution < -0.4 is 0 Å². The molecule has 108 valence electrons. The maximum atomic E-state index is 6.28. The fourth-order valence-corrected chi connectivity index (χ4v) is 2.72. The highest BCUT2D eigenvalue weighted by Crippen LogP contribution is 2.38. The molecule has 0 saturated carbocycles. The molecule has 2 aromatic rings. The number of furan rings is 1. The van der Waals surface area contributed by atoms with Gasteiger partial charge < -0.3 is 4.42 Å². The van der Waals surface area contributed by atoms with Crippen molar-refractivity contribution in [3.05, 3.63) is 47.7 Å². The van der Waals surface area contributed by atoms with Gasteiger partial charge in [-0.25, -0.2) is 4.99 Å². The molecule has 21 heavy (non-hydrogen) atoms. The number of halogens is 2. The monoisotopic (exact) mass is 319 g/mol. The summed E-state index contributed by atoms with van der Waals surface area (Å²) in [6.45, 7) is 2.13. The first kappa shape index (κ1) is 14.4. The summed E-state index contributed by atoms with van der Waals surface area (Å²) in [6.07, 6.45) is 4.40. The summed E-state index contributed by atoms with van der Waals surface area (Å²) in [4.78, 5) is 4.39. The van der Waals surface area contributed by atoms with Crippen LogP contribution in [0, 0.1) is 0 Å². The first-order valence-electron chi connectivity index (χ1n) is 6.99. The molecule has 0 amide bonds. The molecule has 0 unspecified atom stereocenters. The first-order valence-corrected chi connectivity index (χ1v) is 7.75. The quantitative estimate of drug-likeness (QED) is 0.651. The summed E-state index contributed by atoms with van der Waals surface area (Å²) in [5.41, 5.74) is 2.99. The van der Waals surface area contributed by atoms with Gasteiger partial charge in [-0.3, -0.25) is 0 Å². The van der Waals surface area contributed by atoms with Gasteiger partial charge in [0, 0.05) is 18.1 Å². The van der Waals surface area contributed by atoms with Crippen LogP contribution in [0.15, 0.2) is 45.8 Å². The summed E-state index contributed by atoms with van der Waals surface area (Å²) < 4.78 is 5.90. The smallest absolute Gasteiger partial charge is 0.171 e. The van der Waals surface area contributed by atoms with Gasteiger partial charge in [0.15, 0.2) is 5.76 Å². The molecule has 0 radical (unpaired) electrons. The van der Waals surface area contributed by atoms with E-state index in [-0.39, 0.29) is 0 Å².